The topological polar surface area (TPSA) is 119 Å². The molecule has 2 N–H and O–H groups in total. The summed E-state index contributed by atoms with van der Waals surface area (Å²) < 4.78 is 20.5. The molecule has 2 heterocycles. The molecule has 2 aliphatic heterocycles. The van der Waals surface area contributed by atoms with Gasteiger partial charge in [-0.15, -0.1) is 0 Å². The highest BCUT2D eigenvalue weighted by atomic mass is 16.6. The first-order valence-corrected chi connectivity index (χ1v) is 16.6. The predicted octanol–water partition coefficient (Wildman–Crippen LogP) is 7.88. The van der Waals surface area contributed by atoms with Gasteiger partial charge in [-0.1, -0.05) is 42.4 Å². The number of phenolic OH excluding ortho intramolecular Hbond substituents is 1. The van der Waals surface area contributed by atoms with E-state index in [1.54, 1.807) is 6.08 Å². The minimum atomic E-state index is -1.68. The third kappa shape index (κ3) is 5.58. The van der Waals surface area contributed by atoms with Crippen molar-refractivity contribution in [1.82, 2.24) is 0 Å². The van der Waals surface area contributed by atoms with Gasteiger partial charge in [-0.2, -0.15) is 0 Å². The number of phenols is 1. The molecule has 6 rings (SSSR count). The van der Waals surface area contributed by atoms with E-state index in [1.165, 1.54) is 18.6 Å². The number of rotatable bonds is 10. The lowest BCUT2D eigenvalue weighted by Crippen LogP contribution is -2.76. The smallest absolute Gasteiger partial charge is 0.330 e. The first-order valence-electron chi connectivity index (χ1n) is 16.6. The molecule has 252 valence electrons. The standard InChI is InChI=1S/C39H48O8/c1-21(2)11-10-16-37(9)17-15-27-31(40)30-32(41)29-20-26-19-25(8)39(29,47-34(30)28(33(27)46-37)13-12-22(3)4)38(35(26)42,45-23(5)6)18-14-24(7)36(43)44/h11-12,14-15,17,20,23,25-26,40H,10,13,16,18-19H2,1-9H3,(H,43,44)/b24-14-/t25-,26+,37?,38+,39+/m1/s1. The minimum absolute atomic E-state index is 0.0436. The number of carboxylic acid groups (broad SMARTS) is 1. The molecule has 0 amide bonds. The molecule has 47 heavy (non-hydrogen) atoms. The molecule has 8 nitrogen and oxygen atoms in total. The van der Waals surface area contributed by atoms with E-state index in [0.29, 0.717) is 36.1 Å². The van der Waals surface area contributed by atoms with Gasteiger partial charge in [0.1, 0.15) is 28.4 Å². The molecule has 3 aliphatic carbocycles. The molecule has 1 saturated carbocycles. The zero-order chi connectivity index (χ0) is 34.6. The SMILES string of the molecule is CC(C)=CCCC1(C)C=Cc2c(O)c3c(c(CC=C(C)C)c2O1)O[C@]12C(=C[C@H](C[C@H]1C)C(=O)[C@]2(C/C=C(/C)C(=O)O)OC(C)C)C3=O. The van der Waals surface area contributed by atoms with Crippen LogP contribution in [-0.4, -0.2) is 50.7 Å². The van der Waals surface area contributed by atoms with Gasteiger partial charge >= 0.3 is 5.97 Å². The van der Waals surface area contributed by atoms with Crippen molar-refractivity contribution < 1.29 is 38.8 Å². The maximum atomic E-state index is 14.8. The molecule has 1 spiro atoms. The van der Waals surface area contributed by atoms with Crippen LogP contribution in [0.25, 0.3) is 6.08 Å². The number of allylic oxidation sites excluding steroid dienone is 5. The van der Waals surface area contributed by atoms with Crippen molar-refractivity contribution in [2.24, 2.45) is 11.8 Å². The van der Waals surface area contributed by atoms with Crippen LogP contribution in [0.2, 0.25) is 0 Å². The molecule has 8 heteroatoms. The number of Topliss-reactive ketones (excluding diaryl/α,β-unsaturated/α-hetero) is 2. The van der Waals surface area contributed by atoms with Gasteiger partial charge in [0, 0.05) is 35.0 Å². The predicted molar refractivity (Wildman–Crippen MR) is 181 cm³/mol. The lowest BCUT2D eigenvalue weighted by Gasteiger charge is -2.61. The second kappa shape index (κ2) is 12.3. The number of aliphatic carboxylic acids is 1. The van der Waals surface area contributed by atoms with Gasteiger partial charge in [-0.3, -0.25) is 9.59 Å². The highest BCUT2D eigenvalue weighted by Crippen LogP contribution is 2.62. The second-order valence-corrected chi connectivity index (χ2v) is 14.6. The molecular formula is C39H48O8. The van der Waals surface area contributed by atoms with Gasteiger partial charge in [0.15, 0.2) is 22.8 Å². The Morgan fingerprint density at radius 1 is 1.06 bits per heavy atom. The lowest BCUT2D eigenvalue weighted by atomic mass is 9.51. The summed E-state index contributed by atoms with van der Waals surface area (Å²) in [4.78, 5) is 41.1. The van der Waals surface area contributed by atoms with E-state index in [9.17, 15) is 24.6 Å². The van der Waals surface area contributed by atoms with Crippen molar-refractivity contribution >= 4 is 23.6 Å². The number of fused-ring (bicyclic) bond motifs is 4. The molecule has 1 aromatic rings. The Balaban J connectivity index is 1.78. The third-order valence-electron chi connectivity index (χ3n) is 9.97. The zero-order valence-corrected chi connectivity index (χ0v) is 29.1. The Morgan fingerprint density at radius 3 is 2.36 bits per heavy atom. The Morgan fingerprint density at radius 2 is 1.74 bits per heavy atom. The van der Waals surface area contributed by atoms with Crippen LogP contribution in [-0.2, 0) is 20.7 Å². The van der Waals surface area contributed by atoms with Gasteiger partial charge in [0.25, 0.3) is 0 Å². The molecule has 2 bridgehead atoms. The molecule has 1 unspecified atom stereocenters. The monoisotopic (exact) mass is 644 g/mol. The number of aromatic hydroxyl groups is 1. The van der Waals surface area contributed by atoms with Crippen molar-refractivity contribution in [2.45, 2.75) is 117 Å². The normalized spacial score (nSPS) is 28.9. The van der Waals surface area contributed by atoms with Crippen molar-refractivity contribution in [3.63, 3.8) is 0 Å². The maximum Gasteiger partial charge on any atom is 0.330 e. The van der Waals surface area contributed by atoms with Crippen LogP contribution < -0.4 is 9.47 Å². The van der Waals surface area contributed by atoms with E-state index < -0.39 is 40.6 Å². The summed E-state index contributed by atoms with van der Waals surface area (Å²) in [5, 5.41) is 21.5. The van der Waals surface area contributed by atoms with Crippen LogP contribution in [0.3, 0.4) is 0 Å². The quantitative estimate of drug-likeness (QED) is 0.195. The van der Waals surface area contributed by atoms with Crippen LogP contribution in [0.1, 0.15) is 109 Å². The van der Waals surface area contributed by atoms with E-state index in [2.05, 4.69) is 19.9 Å². The van der Waals surface area contributed by atoms with Crippen LogP contribution in [0, 0.1) is 11.8 Å². The number of ether oxygens (including phenoxy) is 3. The van der Waals surface area contributed by atoms with Crippen LogP contribution in [0.5, 0.6) is 17.2 Å². The van der Waals surface area contributed by atoms with Crippen LogP contribution in [0.4, 0.5) is 0 Å². The van der Waals surface area contributed by atoms with E-state index in [1.807, 2.05) is 59.8 Å². The fourth-order valence-corrected chi connectivity index (χ4v) is 7.66. The fraction of sp³-hybridized carbons (Fsp3) is 0.513. The highest BCUT2D eigenvalue weighted by molar-refractivity contribution is 6.18. The first kappa shape index (κ1) is 34.4. The second-order valence-electron chi connectivity index (χ2n) is 14.6. The number of carbonyl (C=O) groups excluding carboxylic acids is 2. The zero-order valence-electron chi connectivity index (χ0n) is 29.1. The summed E-state index contributed by atoms with van der Waals surface area (Å²) in [7, 11) is 0. The van der Waals surface area contributed by atoms with Gasteiger partial charge in [-0.05, 0) is 93.2 Å². The van der Waals surface area contributed by atoms with Gasteiger partial charge < -0.3 is 24.4 Å². The highest BCUT2D eigenvalue weighted by Gasteiger charge is 2.73. The van der Waals surface area contributed by atoms with Crippen molar-refractivity contribution in [1.29, 1.82) is 0 Å². The summed E-state index contributed by atoms with van der Waals surface area (Å²) in [6.45, 7) is 17.1. The van der Waals surface area contributed by atoms with E-state index in [0.717, 1.165) is 12.0 Å². The molecule has 0 aromatic heterocycles. The average molecular weight is 645 g/mol. The molecule has 5 atom stereocenters. The average Bonchev–Trinajstić information content (AvgIpc) is 2.97. The first-order chi connectivity index (χ1) is 22.0. The number of hydrogen-bond acceptors (Lipinski definition) is 7. The number of hydrogen-bond donors (Lipinski definition) is 2. The van der Waals surface area contributed by atoms with Gasteiger partial charge in [0.2, 0.25) is 0 Å². The van der Waals surface area contributed by atoms with E-state index >= 15 is 0 Å². The molecular weight excluding hydrogens is 596 g/mol. The van der Waals surface area contributed by atoms with Crippen LogP contribution in [0.15, 0.2) is 52.7 Å². The van der Waals surface area contributed by atoms with Crippen molar-refractivity contribution in [2.75, 3.05) is 0 Å². The molecule has 1 fully saturated rings. The van der Waals surface area contributed by atoms with Gasteiger partial charge in [-0.25, -0.2) is 4.79 Å². The van der Waals surface area contributed by atoms with Gasteiger partial charge in [0.05, 0.1) is 11.7 Å². The fourth-order valence-electron chi connectivity index (χ4n) is 7.66. The van der Waals surface area contributed by atoms with Crippen molar-refractivity contribution in [3.8, 4) is 17.2 Å². The molecule has 0 saturated heterocycles. The maximum absolute atomic E-state index is 14.8. The summed E-state index contributed by atoms with van der Waals surface area (Å²) in [5.74, 6) is -2.35. The molecule has 5 aliphatic rings. The lowest BCUT2D eigenvalue weighted by molar-refractivity contribution is -0.215. The number of carbonyl (C=O) groups is 3. The third-order valence-corrected chi connectivity index (χ3v) is 9.97. The Bertz CT molecular complexity index is 1680. The summed E-state index contributed by atoms with van der Waals surface area (Å²) >= 11 is 0. The Hall–Kier alpha value is -3.91. The summed E-state index contributed by atoms with van der Waals surface area (Å²) in [6.07, 6.45) is 12.9. The minimum Gasteiger partial charge on any atom is -0.506 e. The Kier molecular flexibility index (Phi) is 8.99. The Labute approximate surface area is 277 Å². The van der Waals surface area contributed by atoms with Crippen LogP contribution >= 0.6 is 0 Å². The van der Waals surface area contributed by atoms with E-state index in [4.69, 9.17) is 14.2 Å². The number of ketones is 2. The van der Waals surface area contributed by atoms with E-state index in [-0.39, 0.29) is 46.3 Å². The van der Waals surface area contributed by atoms with Crippen molar-refractivity contribution in [3.05, 3.63) is 69.4 Å². The largest absolute Gasteiger partial charge is 0.506 e. The molecule has 1 aromatic carbocycles. The summed E-state index contributed by atoms with van der Waals surface area (Å²) in [6, 6.07) is 0. The number of carboxylic acids is 1. The summed E-state index contributed by atoms with van der Waals surface area (Å²) in [5.41, 5.74) is -0.271. The molecule has 0 radical (unpaired) electrons. The number of benzene rings is 1.